The van der Waals surface area contributed by atoms with E-state index in [2.05, 4.69) is 46.8 Å². The first-order valence-electron chi connectivity index (χ1n) is 13.0. The maximum atomic E-state index is 12.6. The van der Waals surface area contributed by atoms with Crippen LogP contribution in [-0.4, -0.2) is 49.1 Å². The van der Waals surface area contributed by atoms with Gasteiger partial charge in [-0.15, -0.1) is 0 Å². The predicted octanol–water partition coefficient (Wildman–Crippen LogP) is 5.15. The zero-order valence-electron chi connectivity index (χ0n) is 21.1. The molecule has 4 N–H and O–H groups in total. The fourth-order valence-corrected chi connectivity index (χ4v) is 5.31. The number of H-pyrrole nitrogens is 2. The Labute approximate surface area is 223 Å². The largest absolute Gasteiger partial charge is 0.472 e. The van der Waals surface area contributed by atoms with E-state index in [1.807, 2.05) is 24.4 Å². The van der Waals surface area contributed by atoms with Gasteiger partial charge in [0.15, 0.2) is 0 Å². The second kappa shape index (κ2) is 9.80. The monoisotopic (exact) mass is 518 g/mol. The lowest BCUT2D eigenvalue weighted by atomic mass is 9.94. The number of amides is 1. The third-order valence-corrected chi connectivity index (χ3v) is 7.33. The van der Waals surface area contributed by atoms with E-state index < -0.39 is 0 Å². The topological polar surface area (TPSA) is 137 Å². The molecule has 10 nitrogen and oxygen atoms in total. The molecule has 10 heteroatoms. The van der Waals surface area contributed by atoms with Crippen molar-refractivity contribution < 1.29 is 9.21 Å². The summed E-state index contributed by atoms with van der Waals surface area (Å²) >= 11 is 0. The molecule has 1 aliphatic heterocycles. The quantitative estimate of drug-likeness (QED) is 0.239. The lowest BCUT2D eigenvalue weighted by Crippen LogP contribution is -2.30. The summed E-state index contributed by atoms with van der Waals surface area (Å²) in [5.41, 5.74) is 7.53. The predicted molar refractivity (Wildman–Crippen MR) is 149 cm³/mol. The molecule has 0 spiro atoms. The first kappa shape index (κ1) is 23.3. The number of aromatic amines is 2. The van der Waals surface area contributed by atoms with Crippen molar-refractivity contribution >= 4 is 33.4 Å². The van der Waals surface area contributed by atoms with Gasteiger partial charge in [-0.2, -0.15) is 5.10 Å². The van der Waals surface area contributed by atoms with Gasteiger partial charge in [0.2, 0.25) is 5.91 Å². The molecule has 0 bridgehead atoms. The van der Waals surface area contributed by atoms with Crippen molar-refractivity contribution in [3.8, 4) is 33.8 Å². The molecule has 0 aromatic carbocycles. The van der Waals surface area contributed by atoms with Gasteiger partial charge in [-0.1, -0.05) is 0 Å². The summed E-state index contributed by atoms with van der Waals surface area (Å²) in [7, 11) is 0. The molecule has 1 fully saturated rings. The molecule has 194 valence electrons. The molecule has 1 aliphatic rings. The Morgan fingerprint density at radius 1 is 0.974 bits per heavy atom. The number of fused-ring (bicyclic) bond motifs is 2. The maximum Gasteiger partial charge on any atom is 0.224 e. The van der Waals surface area contributed by atoms with Gasteiger partial charge in [0.05, 0.1) is 59.2 Å². The van der Waals surface area contributed by atoms with Crippen LogP contribution in [-0.2, 0) is 4.79 Å². The summed E-state index contributed by atoms with van der Waals surface area (Å²) in [6.07, 6.45) is 14.8. The fraction of sp³-hybridized carbons (Fsp3) is 0.207. The molecule has 1 saturated heterocycles. The molecular weight excluding hydrogens is 492 g/mol. The second-order valence-corrected chi connectivity index (χ2v) is 9.94. The van der Waals surface area contributed by atoms with Crippen molar-refractivity contribution in [1.29, 1.82) is 0 Å². The Morgan fingerprint density at radius 2 is 1.87 bits per heavy atom. The van der Waals surface area contributed by atoms with Gasteiger partial charge < -0.3 is 20.0 Å². The van der Waals surface area contributed by atoms with Gasteiger partial charge in [-0.25, -0.2) is 0 Å². The number of pyridine rings is 3. The van der Waals surface area contributed by atoms with E-state index in [9.17, 15) is 4.79 Å². The fourth-order valence-electron chi connectivity index (χ4n) is 5.31. The molecule has 7 heterocycles. The van der Waals surface area contributed by atoms with Crippen LogP contribution in [0.15, 0.2) is 72.2 Å². The van der Waals surface area contributed by atoms with Crippen LogP contribution in [0.3, 0.4) is 0 Å². The van der Waals surface area contributed by atoms with Crippen molar-refractivity contribution in [2.24, 2.45) is 5.92 Å². The summed E-state index contributed by atoms with van der Waals surface area (Å²) in [6.45, 7) is 1.94. The van der Waals surface area contributed by atoms with E-state index in [4.69, 9.17) is 4.42 Å². The van der Waals surface area contributed by atoms with E-state index in [-0.39, 0.29) is 5.91 Å². The Bertz CT molecular complexity index is 1780. The number of nitrogens with one attached hydrogen (secondary N) is 4. The number of furan rings is 1. The number of aromatic nitrogens is 6. The standard InChI is InChI=1S/C29H26N8O2/c38-28(7-17-1-4-30-5-2-17)34-20-8-19(11-31-12-20)24-10-22-27(15-33-24)36-37-29(22)25-9-21-23(18-3-6-39-16-18)13-32-14-26(21)35-25/h3,6,8-17,30,35H,1-2,4-5,7H2,(H,34,38)(H,36,37). The summed E-state index contributed by atoms with van der Waals surface area (Å²) in [4.78, 5) is 29.5. The van der Waals surface area contributed by atoms with Crippen LogP contribution in [0.2, 0.25) is 0 Å². The van der Waals surface area contributed by atoms with Crippen LogP contribution < -0.4 is 10.6 Å². The molecule has 39 heavy (non-hydrogen) atoms. The highest BCUT2D eigenvalue weighted by Crippen LogP contribution is 2.34. The highest BCUT2D eigenvalue weighted by Gasteiger charge is 2.18. The highest BCUT2D eigenvalue weighted by atomic mass is 16.3. The minimum Gasteiger partial charge on any atom is -0.472 e. The molecule has 0 radical (unpaired) electrons. The summed E-state index contributed by atoms with van der Waals surface area (Å²) in [6, 6.07) is 7.90. The molecule has 1 amide bonds. The van der Waals surface area contributed by atoms with Crippen LogP contribution in [0.25, 0.3) is 55.6 Å². The first-order valence-corrected chi connectivity index (χ1v) is 13.0. The lowest BCUT2D eigenvalue weighted by Gasteiger charge is -2.21. The van der Waals surface area contributed by atoms with E-state index in [0.717, 1.165) is 81.5 Å². The number of piperidine rings is 1. The van der Waals surface area contributed by atoms with Crippen molar-refractivity contribution in [3.63, 3.8) is 0 Å². The van der Waals surface area contributed by atoms with E-state index in [1.165, 1.54) is 0 Å². The van der Waals surface area contributed by atoms with Gasteiger partial charge >= 0.3 is 0 Å². The molecule has 0 unspecified atom stereocenters. The first-order chi connectivity index (χ1) is 19.2. The van der Waals surface area contributed by atoms with Crippen LogP contribution in [0.4, 0.5) is 5.69 Å². The van der Waals surface area contributed by atoms with Crippen molar-refractivity contribution in [1.82, 2.24) is 35.5 Å². The molecular formula is C29H26N8O2. The Kier molecular flexibility index (Phi) is 5.86. The van der Waals surface area contributed by atoms with Gasteiger partial charge in [0, 0.05) is 46.3 Å². The van der Waals surface area contributed by atoms with Crippen molar-refractivity contribution in [2.45, 2.75) is 19.3 Å². The van der Waals surface area contributed by atoms with E-state index >= 15 is 0 Å². The van der Waals surface area contributed by atoms with E-state index in [0.29, 0.717) is 18.0 Å². The second-order valence-electron chi connectivity index (χ2n) is 9.94. The Balaban J connectivity index is 1.19. The van der Waals surface area contributed by atoms with Gasteiger partial charge in [-0.3, -0.25) is 24.8 Å². The molecule has 0 atom stereocenters. The average Bonchev–Trinajstić information content (AvgIpc) is 3.73. The zero-order valence-corrected chi connectivity index (χ0v) is 21.1. The number of carbonyl (C=O) groups is 1. The summed E-state index contributed by atoms with van der Waals surface area (Å²) in [5, 5.41) is 16.0. The summed E-state index contributed by atoms with van der Waals surface area (Å²) in [5.74, 6) is 0.437. The smallest absolute Gasteiger partial charge is 0.224 e. The lowest BCUT2D eigenvalue weighted by molar-refractivity contribution is -0.117. The number of hydrogen-bond acceptors (Lipinski definition) is 7. The Morgan fingerprint density at radius 3 is 2.74 bits per heavy atom. The maximum absolute atomic E-state index is 12.6. The highest BCUT2D eigenvalue weighted by molar-refractivity contribution is 6.01. The Hall–Kier alpha value is -4.83. The van der Waals surface area contributed by atoms with Crippen LogP contribution >= 0.6 is 0 Å². The third kappa shape index (κ3) is 4.55. The van der Waals surface area contributed by atoms with Crippen LogP contribution in [0, 0.1) is 5.92 Å². The number of carbonyl (C=O) groups excluding carboxylic acids is 1. The molecule has 0 saturated carbocycles. The number of anilines is 1. The minimum atomic E-state index is 0.0180. The third-order valence-electron chi connectivity index (χ3n) is 7.33. The van der Waals surface area contributed by atoms with Gasteiger partial charge in [0.1, 0.15) is 5.69 Å². The minimum absolute atomic E-state index is 0.0180. The molecule has 7 rings (SSSR count). The normalized spacial score (nSPS) is 14.3. The SMILES string of the molecule is O=C(CC1CCNCC1)Nc1cncc(-c2cc3c(-c4cc5c(-c6ccoc6)cncc5[nH]4)n[nH]c3cn2)c1. The molecule has 0 aliphatic carbocycles. The van der Waals surface area contributed by atoms with E-state index in [1.54, 1.807) is 37.3 Å². The summed E-state index contributed by atoms with van der Waals surface area (Å²) < 4.78 is 5.28. The van der Waals surface area contributed by atoms with Crippen molar-refractivity contribution in [2.75, 3.05) is 18.4 Å². The zero-order chi connectivity index (χ0) is 26.2. The van der Waals surface area contributed by atoms with Gasteiger partial charge in [0.25, 0.3) is 0 Å². The van der Waals surface area contributed by atoms with Crippen LogP contribution in [0.5, 0.6) is 0 Å². The number of nitrogens with zero attached hydrogens (tertiary/aromatic N) is 4. The average molecular weight is 519 g/mol. The van der Waals surface area contributed by atoms with Gasteiger partial charge in [-0.05, 0) is 56.1 Å². The number of rotatable bonds is 6. The van der Waals surface area contributed by atoms with Crippen LogP contribution in [0.1, 0.15) is 19.3 Å². The van der Waals surface area contributed by atoms with Crippen molar-refractivity contribution in [3.05, 3.63) is 67.8 Å². The molecule has 6 aromatic heterocycles. The molecule has 6 aromatic rings. The number of hydrogen-bond donors (Lipinski definition) is 4.